The van der Waals surface area contributed by atoms with Crippen molar-refractivity contribution in [2.45, 2.75) is 22.8 Å². The Morgan fingerprint density at radius 1 is 0.600 bits per heavy atom. The molecule has 3 nitrogen and oxygen atoms in total. The molecule has 0 aliphatic rings. The Labute approximate surface area is 176 Å². The van der Waals surface area contributed by atoms with Gasteiger partial charge in [0.2, 0.25) is 0 Å². The molecule has 0 aliphatic carbocycles. The molecular formula is C22H21F3O3S2. The van der Waals surface area contributed by atoms with Gasteiger partial charge in [0.15, 0.2) is 0 Å². The van der Waals surface area contributed by atoms with Crippen LogP contribution in [-0.2, 0) is 31.0 Å². The molecule has 0 spiro atoms. The maximum atomic E-state index is 13.3. The monoisotopic (exact) mass is 454 g/mol. The van der Waals surface area contributed by atoms with Gasteiger partial charge >= 0.3 is 15.6 Å². The summed E-state index contributed by atoms with van der Waals surface area (Å²) >= 11 is 0. The molecule has 0 saturated heterocycles. The molecule has 0 amide bonds. The van der Waals surface area contributed by atoms with Gasteiger partial charge in [-0.25, -0.2) is 3.63 Å². The van der Waals surface area contributed by atoms with Gasteiger partial charge in [0.1, 0.15) is 0 Å². The van der Waals surface area contributed by atoms with E-state index in [4.69, 9.17) is 3.63 Å². The Balaban J connectivity index is 2.10. The van der Waals surface area contributed by atoms with Crippen molar-refractivity contribution in [2.24, 2.45) is 0 Å². The number of benzene rings is 3. The molecule has 0 bridgehead atoms. The molecule has 0 aliphatic heterocycles. The summed E-state index contributed by atoms with van der Waals surface area (Å²) in [4.78, 5) is 0. The average molecular weight is 455 g/mol. The first-order chi connectivity index (χ1) is 14.2. The standard InChI is InChI=1S/C22H21F3O3S2/c23-22(24,25)30(26,27)28-29(16-19-10-4-1-5-11-19,17-20-12-6-2-7-13-20)18-21-14-8-3-9-15-21/h1-15H,16-18H2. The smallest absolute Gasteiger partial charge is 0.212 e. The van der Waals surface area contributed by atoms with E-state index in [-0.39, 0.29) is 17.3 Å². The largest absolute Gasteiger partial charge is 0.523 e. The fraction of sp³-hybridized carbons (Fsp3) is 0.182. The first kappa shape index (κ1) is 22.4. The van der Waals surface area contributed by atoms with E-state index >= 15 is 0 Å². The number of alkyl halides is 3. The average Bonchev–Trinajstić information content (AvgIpc) is 2.69. The van der Waals surface area contributed by atoms with Crippen LogP contribution in [0.4, 0.5) is 13.2 Å². The van der Waals surface area contributed by atoms with Crippen molar-refractivity contribution in [3.05, 3.63) is 108 Å². The lowest BCUT2D eigenvalue weighted by Crippen LogP contribution is -2.29. The van der Waals surface area contributed by atoms with Gasteiger partial charge in [-0.15, -0.1) is 10.3 Å². The third-order valence-electron chi connectivity index (χ3n) is 4.34. The molecule has 0 N–H and O–H groups in total. The van der Waals surface area contributed by atoms with Gasteiger partial charge in [0.25, 0.3) is 0 Å². The van der Waals surface area contributed by atoms with Gasteiger partial charge < -0.3 is 0 Å². The van der Waals surface area contributed by atoms with Gasteiger partial charge in [-0.2, -0.15) is 21.6 Å². The zero-order valence-electron chi connectivity index (χ0n) is 16.0. The van der Waals surface area contributed by atoms with Crippen LogP contribution in [0, 0.1) is 0 Å². The van der Waals surface area contributed by atoms with Crippen LogP contribution >= 0.6 is 10.3 Å². The molecule has 30 heavy (non-hydrogen) atoms. The zero-order chi connectivity index (χ0) is 21.7. The van der Waals surface area contributed by atoms with Crippen LogP contribution in [0.25, 0.3) is 0 Å². The van der Waals surface area contributed by atoms with Crippen LogP contribution in [-0.4, -0.2) is 13.9 Å². The highest BCUT2D eigenvalue weighted by Crippen LogP contribution is 2.60. The predicted octanol–water partition coefficient (Wildman–Crippen LogP) is 6.17. The fourth-order valence-corrected chi connectivity index (χ4v) is 8.20. The molecule has 160 valence electrons. The molecule has 0 unspecified atom stereocenters. The molecule has 0 radical (unpaired) electrons. The van der Waals surface area contributed by atoms with Crippen molar-refractivity contribution in [1.29, 1.82) is 0 Å². The number of halogens is 3. The Morgan fingerprint density at radius 2 is 0.900 bits per heavy atom. The Hall–Kier alpha value is -2.29. The van der Waals surface area contributed by atoms with Crippen molar-refractivity contribution in [1.82, 2.24) is 0 Å². The minimum atomic E-state index is -5.78. The summed E-state index contributed by atoms with van der Waals surface area (Å²) in [5.74, 6) is 0.229. The van der Waals surface area contributed by atoms with Crippen molar-refractivity contribution in [3.63, 3.8) is 0 Å². The van der Waals surface area contributed by atoms with Crippen molar-refractivity contribution in [2.75, 3.05) is 0 Å². The summed E-state index contributed by atoms with van der Waals surface area (Å²) in [5.41, 5.74) is -3.33. The normalized spacial score (nSPS) is 13.2. The van der Waals surface area contributed by atoms with Gasteiger partial charge in [0.05, 0.1) is 0 Å². The molecular weight excluding hydrogens is 433 g/mol. The van der Waals surface area contributed by atoms with E-state index in [0.29, 0.717) is 0 Å². The molecule has 0 atom stereocenters. The first-order valence-electron chi connectivity index (χ1n) is 9.10. The quantitative estimate of drug-likeness (QED) is 0.382. The van der Waals surface area contributed by atoms with Crippen molar-refractivity contribution in [3.8, 4) is 0 Å². The van der Waals surface area contributed by atoms with E-state index in [1.165, 1.54) is 0 Å². The highest BCUT2D eigenvalue weighted by Gasteiger charge is 2.51. The second-order valence-electron chi connectivity index (χ2n) is 6.82. The predicted molar refractivity (Wildman–Crippen MR) is 114 cm³/mol. The van der Waals surface area contributed by atoms with Crippen LogP contribution in [0.3, 0.4) is 0 Å². The topological polar surface area (TPSA) is 43.4 Å². The second-order valence-corrected chi connectivity index (χ2v) is 11.5. The highest BCUT2D eigenvalue weighted by atomic mass is 32.3. The van der Waals surface area contributed by atoms with E-state index in [2.05, 4.69) is 0 Å². The summed E-state index contributed by atoms with van der Waals surface area (Å²) in [6, 6.07) is 26.6. The van der Waals surface area contributed by atoms with Gasteiger partial charge in [-0.05, 0) is 16.7 Å². The number of hydrogen-bond acceptors (Lipinski definition) is 3. The molecule has 8 heteroatoms. The maximum Gasteiger partial charge on any atom is 0.523 e. The summed E-state index contributed by atoms with van der Waals surface area (Å²) in [7, 11) is -8.58. The fourth-order valence-electron chi connectivity index (χ4n) is 3.09. The van der Waals surface area contributed by atoms with E-state index in [1.54, 1.807) is 91.0 Å². The molecule has 0 aromatic heterocycles. The van der Waals surface area contributed by atoms with Crippen LogP contribution in [0.2, 0.25) is 0 Å². The highest BCUT2D eigenvalue weighted by molar-refractivity contribution is 8.31. The van der Waals surface area contributed by atoms with Crippen molar-refractivity contribution >= 4 is 20.4 Å². The lowest BCUT2D eigenvalue weighted by molar-refractivity contribution is -0.0496. The van der Waals surface area contributed by atoms with Gasteiger partial charge in [0, 0.05) is 17.3 Å². The van der Waals surface area contributed by atoms with E-state index in [1.807, 2.05) is 0 Å². The van der Waals surface area contributed by atoms with Crippen LogP contribution in [0.15, 0.2) is 91.0 Å². The Morgan fingerprint density at radius 3 is 1.17 bits per heavy atom. The lowest BCUT2D eigenvalue weighted by Gasteiger charge is -2.39. The van der Waals surface area contributed by atoms with E-state index in [9.17, 15) is 21.6 Å². The summed E-state index contributed by atoms with van der Waals surface area (Å²) in [5, 5.41) is 0. The van der Waals surface area contributed by atoms with Gasteiger partial charge in [-0.1, -0.05) is 91.0 Å². The van der Waals surface area contributed by atoms with Crippen LogP contribution < -0.4 is 0 Å². The minimum Gasteiger partial charge on any atom is -0.212 e. The maximum absolute atomic E-state index is 13.3. The number of rotatable bonds is 8. The first-order valence-corrected chi connectivity index (χ1v) is 12.6. The minimum absolute atomic E-state index is 0.0763. The van der Waals surface area contributed by atoms with Crippen LogP contribution in [0.1, 0.15) is 16.7 Å². The van der Waals surface area contributed by atoms with Gasteiger partial charge in [-0.3, -0.25) is 0 Å². The summed E-state index contributed by atoms with van der Waals surface area (Å²) in [6.07, 6.45) is 0. The SMILES string of the molecule is O=S(=O)(OS(Cc1ccccc1)(Cc1ccccc1)Cc1ccccc1)C(F)(F)F. The van der Waals surface area contributed by atoms with Crippen molar-refractivity contribution < 1.29 is 25.2 Å². The molecule has 3 rings (SSSR count). The molecule has 0 fully saturated rings. The summed E-state index contributed by atoms with van der Waals surface area (Å²) in [6.45, 7) is 0. The molecule has 3 aromatic carbocycles. The zero-order valence-corrected chi connectivity index (χ0v) is 17.6. The van der Waals surface area contributed by atoms with E-state index in [0.717, 1.165) is 16.7 Å². The number of hydrogen-bond donors (Lipinski definition) is 0. The molecule has 3 aromatic rings. The Kier molecular flexibility index (Phi) is 6.90. The Bertz CT molecular complexity index is 938. The molecule has 0 heterocycles. The molecule has 0 saturated carbocycles. The third kappa shape index (κ3) is 5.87. The second kappa shape index (κ2) is 9.24. The third-order valence-corrected chi connectivity index (χ3v) is 9.35. The summed E-state index contributed by atoms with van der Waals surface area (Å²) < 4.78 is 69.2. The van der Waals surface area contributed by atoms with Crippen LogP contribution in [0.5, 0.6) is 0 Å². The van der Waals surface area contributed by atoms with E-state index < -0.39 is 25.9 Å². The lowest BCUT2D eigenvalue weighted by atomic mass is 10.2.